The Labute approximate surface area is 187 Å². The molecule has 0 radical (unpaired) electrons. The van der Waals surface area contributed by atoms with Crippen molar-refractivity contribution in [3.05, 3.63) is 48.0 Å². The Hall–Kier alpha value is -3.10. The van der Waals surface area contributed by atoms with Crippen LogP contribution in [-0.2, 0) is 16.1 Å². The minimum atomic E-state index is -0.387. The van der Waals surface area contributed by atoms with Gasteiger partial charge in [-0.1, -0.05) is 6.07 Å². The zero-order valence-corrected chi connectivity index (χ0v) is 18.2. The van der Waals surface area contributed by atoms with Crippen LogP contribution in [0, 0.1) is 0 Å². The normalized spacial score (nSPS) is 21.4. The van der Waals surface area contributed by atoms with Gasteiger partial charge in [-0.3, -0.25) is 19.4 Å². The van der Waals surface area contributed by atoms with Crippen molar-refractivity contribution >= 4 is 17.5 Å². The van der Waals surface area contributed by atoms with E-state index in [-0.39, 0.29) is 31.1 Å². The summed E-state index contributed by atoms with van der Waals surface area (Å²) in [6.07, 6.45) is 0.230. The number of piperazine rings is 1. The highest BCUT2D eigenvalue weighted by molar-refractivity contribution is 6.22. The molecule has 2 aromatic rings. The minimum absolute atomic E-state index is 0.136. The number of carbonyl (C=O) groups is 2. The molecule has 5 rings (SSSR count). The number of benzene rings is 2. The SMILES string of the molecule is CCOc1ccc(N2C(=O)C[C@@H](N3CCN(Cc4ccc5c(c4)OCO5)CC3)C2=O)cc1. The third-order valence-corrected chi connectivity index (χ3v) is 6.22. The molecule has 0 unspecified atom stereocenters. The lowest BCUT2D eigenvalue weighted by molar-refractivity contribution is -0.123. The predicted molar refractivity (Wildman–Crippen MR) is 118 cm³/mol. The van der Waals surface area contributed by atoms with E-state index in [1.54, 1.807) is 24.3 Å². The smallest absolute Gasteiger partial charge is 0.251 e. The van der Waals surface area contributed by atoms with Crippen molar-refractivity contribution in [3.63, 3.8) is 0 Å². The van der Waals surface area contributed by atoms with Crippen molar-refractivity contribution in [1.29, 1.82) is 0 Å². The first-order chi connectivity index (χ1) is 15.6. The van der Waals surface area contributed by atoms with E-state index in [1.165, 1.54) is 10.5 Å². The molecule has 2 aromatic carbocycles. The quantitative estimate of drug-likeness (QED) is 0.642. The highest BCUT2D eigenvalue weighted by Gasteiger charge is 2.43. The summed E-state index contributed by atoms with van der Waals surface area (Å²) in [5, 5.41) is 0. The van der Waals surface area contributed by atoms with Crippen molar-refractivity contribution < 1.29 is 23.8 Å². The summed E-state index contributed by atoms with van der Waals surface area (Å²) in [5.41, 5.74) is 1.78. The number of amides is 2. The fraction of sp³-hybridized carbons (Fsp3) is 0.417. The van der Waals surface area contributed by atoms with Crippen molar-refractivity contribution in [1.82, 2.24) is 9.80 Å². The van der Waals surface area contributed by atoms with Crippen LogP contribution >= 0.6 is 0 Å². The molecule has 3 aliphatic rings. The molecule has 8 heteroatoms. The predicted octanol–water partition coefficient (Wildman–Crippen LogP) is 2.26. The monoisotopic (exact) mass is 437 g/mol. The Morgan fingerprint density at radius 2 is 1.72 bits per heavy atom. The number of imide groups is 1. The molecular weight excluding hydrogens is 410 g/mol. The lowest BCUT2D eigenvalue weighted by atomic mass is 10.1. The van der Waals surface area contributed by atoms with Gasteiger partial charge in [0.2, 0.25) is 12.7 Å². The molecule has 32 heavy (non-hydrogen) atoms. The molecule has 168 valence electrons. The van der Waals surface area contributed by atoms with Gasteiger partial charge in [-0.2, -0.15) is 0 Å². The van der Waals surface area contributed by atoms with E-state index in [2.05, 4.69) is 15.9 Å². The lowest BCUT2D eigenvalue weighted by Crippen LogP contribution is -2.52. The number of rotatable bonds is 6. The molecule has 8 nitrogen and oxygen atoms in total. The number of ether oxygens (including phenoxy) is 3. The van der Waals surface area contributed by atoms with Crippen LogP contribution in [0.5, 0.6) is 17.2 Å². The molecule has 3 heterocycles. The summed E-state index contributed by atoms with van der Waals surface area (Å²) >= 11 is 0. The van der Waals surface area contributed by atoms with Crippen LogP contribution in [0.4, 0.5) is 5.69 Å². The number of hydrogen-bond acceptors (Lipinski definition) is 7. The second-order valence-corrected chi connectivity index (χ2v) is 8.21. The molecule has 0 aliphatic carbocycles. The summed E-state index contributed by atoms with van der Waals surface area (Å²) < 4.78 is 16.3. The van der Waals surface area contributed by atoms with E-state index in [4.69, 9.17) is 14.2 Å². The number of carbonyl (C=O) groups excluding carboxylic acids is 2. The topological polar surface area (TPSA) is 71.6 Å². The Morgan fingerprint density at radius 3 is 2.47 bits per heavy atom. The van der Waals surface area contributed by atoms with Crippen LogP contribution in [0.25, 0.3) is 0 Å². The molecule has 2 saturated heterocycles. The van der Waals surface area contributed by atoms with Gasteiger partial charge in [-0.05, 0) is 48.9 Å². The molecule has 2 amide bonds. The number of fused-ring (bicyclic) bond motifs is 1. The Morgan fingerprint density at radius 1 is 0.969 bits per heavy atom. The van der Waals surface area contributed by atoms with Crippen LogP contribution in [0.1, 0.15) is 18.9 Å². The Balaban J connectivity index is 1.18. The molecular formula is C24H27N3O5. The molecule has 3 aliphatic heterocycles. The maximum absolute atomic E-state index is 13.1. The molecule has 1 atom stereocenters. The second-order valence-electron chi connectivity index (χ2n) is 8.21. The summed E-state index contributed by atoms with van der Waals surface area (Å²) in [7, 11) is 0. The summed E-state index contributed by atoms with van der Waals surface area (Å²) in [4.78, 5) is 31.6. The number of anilines is 1. The summed E-state index contributed by atoms with van der Waals surface area (Å²) in [6, 6.07) is 12.8. The number of nitrogens with zero attached hydrogens (tertiary/aromatic N) is 3. The molecule has 0 N–H and O–H groups in total. The number of hydrogen-bond donors (Lipinski definition) is 0. The molecule has 2 fully saturated rings. The zero-order chi connectivity index (χ0) is 22.1. The van der Waals surface area contributed by atoms with Gasteiger partial charge in [0.1, 0.15) is 5.75 Å². The van der Waals surface area contributed by atoms with Crippen molar-refractivity contribution in [2.75, 3.05) is 44.5 Å². The van der Waals surface area contributed by atoms with Gasteiger partial charge in [0, 0.05) is 32.7 Å². The average Bonchev–Trinajstić information content (AvgIpc) is 3.39. The van der Waals surface area contributed by atoms with Crippen LogP contribution in [-0.4, -0.2) is 67.2 Å². The van der Waals surface area contributed by atoms with Gasteiger partial charge < -0.3 is 14.2 Å². The zero-order valence-electron chi connectivity index (χ0n) is 18.2. The Kier molecular flexibility index (Phi) is 5.71. The van der Waals surface area contributed by atoms with Gasteiger partial charge in [0.15, 0.2) is 11.5 Å². The van der Waals surface area contributed by atoms with E-state index in [9.17, 15) is 9.59 Å². The third-order valence-electron chi connectivity index (χ3n) is 6.22. The molecule has 0 bridgehead atoms. The van der Waals surface area contributed by atoms with E-state index >= 15 is 0 Å². The summed E-state index contributed by atoms with van der Waals surface area (Å²) in [6.45, 7) is 6.78. The Bertz CT molecular complexity index is 1000. The van der Waals surface area contributed by atoms with E-state index in [1.807, 2.05) is 19.1 Å². The maximum atomic E-state index is 13.1. The second kappa shape index (κ2) is 8.80. The molecule has 0 aromatic heterocycles. The summed E-state index contributed by atoms with van der Waals surface area (Å²) in [5.74, 6) is 2.03. The van der Waals surface area contributed by atoms with Gasteiger partial charge in [-0.25, -0.2) is 4.90 Å². The van der Waals surface area contributed by atoms with Crippen LogP contribution < -0.4 is 19.1 Å². The maximum Gasteiger partial charge on any atom is 0.251 e. The molecule has 0 saturated carbocycles. The first kappa shape index (κ1) is 20.8. The lowest BCUT2D eigenvalue weighted by Gasteiger charge is -2.37. The van der Waals surface area contributed by atoms with Crippen LogP contribution in [0.2, 0.25) is 0 Å². The molecule has 0 spiro atoms. The minimum Gasteiger partial charge on any atom is -0.494 e. The van der Waals surface area contributed by atoms with Gasteiger partial charge in [-0.15, -0.1) is 0 Å². The van der Waals surface area contributed by atoms with E-state index in [0.29, 0.717) is 12.3 Å². The van der Waals surface area contributed by atoms with E-state index in [0.717, 1.165) is 50.0 Å². The van der Waals surface area contributed by atoms with Gasteiger partial charge in [0.25, 0.3) is 5.91 Å². The van der Waals surface area contributed by atoms with Gasteiger partial charge in [0.05, 0.1) is 24.8 Å². The first-order valence-electron chi connectivity index (χ1n) is 11.1. The highest BCUT2D eigenvalue weighted by atomic mass is 16.7. The highest BCUT2D eigenvalue weighted by Crippen LogP contribution is 2.33. The largest absolute Gasteiger partial charge is 0.494 e. The first-order valence-corrected chi connectivity index (χ1v) is 11.1. The van der Waals surface area contributed by atoms with Crippen LogP contribution in [0.15, 0.2) is 42.5 Å². The van der Waals surface area contributed by atoms with Crippen molar-refractivity contribution in [3.8, 4) is 17.2 Å². The van der Waals surface area contributed by atoms with Crippen molar-refractivity contribution in [2.24, 2.45) is 0 Å². The van der Waals surface area contributed by atoms with Crippen molar-refractivity contribution in [2.45, 2.75) is 25.9 Å². The average molecular weight is 437 g/mol. The fourth-order valence-electron chi connectivity index (χ4n) is 4.56. The standard InChI is InChI=1S/C24H27N3O5/c1-2-30-19-6-4-18(5-7-19)27-23(28)14-20(24(27)29)26-11-9-25(10-12-26)15-17-3-8-21-22(13-17)32-16-31-21/h3-8,13,20H,2,9-12,14-16H2,1H3/t20-/m1/s1. The van der Waals surface area contributed by atoms with Crippen LogP contribution in [0.3, 0.4) is 0 Å². The fourth-order valence-corrected chi connectivity index (χ4v) is 4.56. The van der Waals surface area contributed by atoms with Gasteiger partial charge >= 0.3 is 0 Å². The van der Waals surface area contributed by atoms with E-state index < -0.39 is 0 Å². The third kappa shape index (κ3) is 4.03.